The number of piperazine rings is 1. The molecule has 0 saturated carbocycles. The van der Waals surface area contributed by atoms with Crippen LogP contribution in [0.3, 0.4) is 0 Å². The molecule has 1 aromatic rings. The topological polar surface area (TPSA) is 82.7 Å². The maximum absolute atomic E-state index is 11.8. The van der Waals surface area contributed by atoms with Gasteiger partial charge in [-0.1, -0.05) is 30.3 Å². The normalized spacial score (nSPS) is 15.2. The molecule has 0 atom stereocenters. The molecule has 0 radical (unpaired) electrons. The summed E-state index contributed by atoms with van der Waals surface area (Å²) in [5.74, 6) is 0.0531. The van der Waals surface area contributed by atoms with E-state index >= 15 is 0 Å². The Balaban J connectivity index is 1.77. The van der Waals surface area contributed by atoms with Gasteiger partial charge in [-0.3, -0.25) is 5.41 Å². The number of ether oxygens (including phenoxy) is 1. The van der Waals surface area contributed by atoms with E-state index in [2.05, 4.69) is 0 Å². The number of rotatable bonds is 2. The fourth-order valence-electron chi connectivity index (χ4n) is 1.94. The SMILES string of the molecule is N=C(N)N1CCN(C(=O)OCc2ccccc2)CC1. The quantitative estimate of drug-likeness (QED) is 0.611. The number of guanidine groups is 1. The first-order valence-corrected chi connectivity index (χ1v) is 6.21. The summed E-state index contributed by atoms with van der Waals surface area (Å²) in [6.07, 6.45) is -0.313. The van der Waals surface area contributed by atoms with Gasteiger partial charge in [0.25, 0.3) is 0 Å². The van der Waals surface area contributed by atoms with Crippen LogP contribution in [0, 0.1) is 5.41 Å². The molecule has 102 valence electrons. The number of carbonyl (C=O) groups is 1. The van der Waals surface area contributed by atoms with Crippen molar-refractivity contribution in [2.24, 2.45) is 5.73 Å². The Morgan fingerprint density at radius 1 is 1.16 bits per heavy atom. The van der Waals surface area contributed by atoms with Crippen LogP contribution in [0.25, 0.3) is 0 Å². The zero-order chi connectivity index (χ0) is 13.7. The molecule has 2 rings (SSSR count). The Kier molecular flexibility index (Phi) is 4.22. The molecule has 1 fully saturated rings. The fraction of sp³-hybridized carbons (Fsp3) is 0.385. The lowest BCUT2D eigenvalue weighted by Crippen LogP contribution is -2.52. The largest absolute Gasteiger partial charge is 0.445 e. The smallest absolute Gasteiger partial charge is 0.410 e. The van der Waals surface area contributed by atoms with Crippen molar-refractivity contribution in [1.29, 1.82) is 5.41 Å². The second-order valence-electron chi connectivity index (χ2n) is 4.40. The number of amides is 1. The Bertz CT molecular complexity index is 441. The highest BCUT2D eigenvalue weighted by molar-refractivity contribution is 5.75. The highest BCUT2D eigenvalue weighted by Crippen LogP contribution is 2.06. The first-order chi connectivity index (χ1) is 9.16. The second-order valence-corrected chi connectivity index (χ2v) is 4.40. The number of hydrogen-bond acceptors (Lipinski definition) is 3. The van der Waals surface area contributed by atoms with Crippen LogP contribution in [0.5, 0.6) is 0 Å². The summed E-state index contributed by atoms with van der Waals surface area (Å²) in [6.45, 7) is 2.51. The summed E-state index contributed by atoms with van der Waals surface area (Å²) in [5, 5.41) is 7.32. The van der Waals surface area contributed by atoms with Gasteiger partial charge in [-0.25, -0.2) is 4.79 Å². The molecule has 0 unspecified atom stereocenters. The van der Waals surface area contributed by atoms with E-state index in [9.17, 15) is 4.79 Å². The number of nitrogens with zero attached hydrogens (tertiary/aromatic N) is 2. The average molecular weight is 262 g/mol. The maximum atomic E-state index is 11.8. The van der Waals surface area contributed by atoms with Gasteiger partial charge < -0.3 is 20.3 Å². The van der Waals surface area contributed by atoms with Crippen molar-refractivity contribution in [3.8, 4) is 0 Å². The monoisotopic (exact) mass is 262 g/mol. The van der Waals surface area contributed by atoms with Gasteiger partial charge in [0.05, 0.1) is 0 Å². The number of hydrogen-bond donors (Lipinski definition) is 2. The summed E-state index contributed by atoms with van der Waals surface area (Å²) in [7, 11) is 0. The number of carbonyl (C=O) groups excluding carboxylic acids is 1. The van der Waals surface area contributed by atoms with Crippen LogP contribution in [0.15, 0.2) is 30.3 Å². The van der Waals surface area contributed by atoms with Crippen LogP contribution >= 0.6 is 0 Å². The van der Waals surface area contributed by atoms with Crippen molar-refractivity contribution >= 4 is 12.1 Å². The third-order valence-electron chi connectivity index (χ3n) is 3.08. The molecule has 0 bridgehead atoms. The minimum Gasteiger partial charge on any atom is -0.445 e. The summed E-state index contributed by atoms with van der Waals surface area (Å²) in [6, 6.07) is 9.58. The zero-order valence-corrected chi connectivity index (χ0v) is 10.7. The van der Waals surface area contributed by atoms with Crippen molar-refractivity contribution in [2.45, 2.75) is 6.61 Å². The Labute approximate surface area is 112 Å². The summed E-state index contributed by atoms with van der Waals surface area (Å²) in [4.78, 5) is 15.2. The molecule has 1 aliphatic rings. The molecular weight excluding hydrogens is 244 g/mol. The summed E-state index contributed by atoms with van der Waals surface area (Å²) in [5.41, 5.74) is 6.37. The number of nitrogens with two attached hydrogens (primary N) is 1. The first kappa shape index (κ1) is 13.2. The Morgan fingerprint density at radius 3 is 2.32 bits per heavy atom. The molecule has 1 aromatic carbocycles. The standard InChI is InChI=1S/C13H18N4O2/c14-12(15)16-6-8-17(9-7-16)13(18)19-10-11-4-2-1-3-5-11/h1-5H,6-10H2,(H3,14,15). The van der Waals surface area contributed by atoms with Gasteiger partial charge in [-0.05, 0) is 5.56 Å². The Hall–Kier alpha value is -2.24. The third kappa shape index (κ3) is 3.61. The van der Waals surface area contributed by atoms with Gasteiger partial charge in [0.1, 0.15) is 6.61 Å². The van der Waals surface area contributed by atoms with E-state index in [-0.39, 0.29) is 18.7 Å². The van der Waals surface area contributed by atoms with Crippen molar-refractivity contribution in [1.82, 2.24) is 9.80 Å². The summed E-state index contributed by atoms with van der Waals surface area (Å²) < 4.78 is 5.25. The van der Waals surface area contributed by atoms with E-state index < -0.39 is 0 Å². The Morgan fingerprint density at radius 2 is 1.74 bits per heavy atom. The van der Waals surface area contributed by atoms with Crippen LogP contribution < -0.4 is 5.73 Å². The lowest BCUT2D eigenvalue weighted by Gasteiger charge is -2.34. The van der Waals surface area contributed by atoms with Gasteiger partial charge in [-0.15, -0.1) is 0 Å². The predicted molar refractivity (Wildman–Crippen MR) is 71.7 cm³/mol. The minimum absolute atomic E-state index is 0.0531. The van der Waals surface area contributed by atoms with Gasteiger partial charge >= 0.3 is 6.09 Å². The third-order valence-corrected chi connectivity index (χ3v) is 3.08. The van der Waals surface area contributed by atoms with E-state index in [0.717, 1.165) is 5.56 Å². The molecule has 1 heterocycles. The highest BCUT2D eigenvalue weighted by Gasteiger charge is 2.22. The van der Waals surface area contributed by atoms with Gasteiger partial charge in [0.2, 0.25) is 0 Å². The molecule has 1 aliphatic heterocycles. The molecule has 6 nitrogen and oxygen atoms in total. The van der Waals surface area contributed by atoms with Crippen LogP contribution in [0.1, 0.15) is 5.56 Å². The maximum Gasteiger partial charge on any atom is 0.410 e. The molecule has 19 heavy (non-hydrogen) atoms. The van der Waals surface area contributed by atoms with E-state index in [1.165, 1.54) is 0 Å². The number of benzene rings is 1. The van der Waals surface area contributed by atoms with Crippen LogP contribution in [-0.4, -0.2) is 48.0 Å². The van der Waals surface area contributed by atoms with Crippen LogP contribution in [-0.2, 0) is 11.3 Å². The molecule has 0 aliphatic carbocycles. The van der Waals surface area contributed by atoms with Crippen molar-refractivity contribution in [3.05, 3.63) is 35.9 Å². The molecule has 0 aromatic heterocycles. The zero-order valence-electron chi connectivity index (χ0n) is 10.7. The molecular formula is C13H18N4O2. The molecule has 1 saturated heterocycles. The van der Waals surface area contributed by atoms with E-state index in [1.807, 2.05) is 30.3 Å². The van der Waals surface area contributed by atoms with Crippen molar-refractivity contribution in [3.63, 3.8) is 0 Å². The summed E-state index contributed by atoms with van der Waals surface area (Å²) >= 11 is 0. The van der Waals surface area contributed by atoms with E-state index in [0.29, 0.717) is 26.2 Å². The molecule has 6 heteroatoms. The van der Waals surface area contributed by atoms with Crippen molar-refractivity contribution in [2.75, 3.05) is 26.2 Å². The highest BCUT2D eigenvalue weighted by atomic mass is 16.6. The van der Waals surface area contributed by atoms with Gasteiger partial charge in [0, 0.05) is 26.2 Å². The second kappa shape index (κ2) is 6.08. The lowest BCUT2D eigenvalue weighted by atomic mass is 10.2. The minimum atomic E-state index is -0.313. The first-order valence-electron chi connectivity index (χ1n) is 6.21. The van der Waals surface area contributed by atoms with Gasteiger partial charge in [-0.2, -0.15) is 0 Å². The number of nitrogens with one attached hydrogen (secondary N) is 1. The lowest BCUT2D eigenvalue weighted by molar-refractivity contribution is 0.0823. The van der Waals surface area contributed by atoms with E-state index in [4.69, 9.17) is 15.9 Å². The average Bonchev–Trinajstić information content (AvgIpc) is 2.46. The van der Waals surface area contributed by atoms with Gasteiger partial charge in [0.15, 0.2) is 5.96 Å². The van der Waals surface area contributed by atoms with Crippen LogP contribution in [0.2, 0.25) is 0 Å². The molecule has 3 N–H and O–H groups in total. The van der Waals surface area contributed by atoms with Crippen molar-refractivity contribution < 1.29 is 9.53 Å². The molecule has 1 amide bonds. The van der Waals surface area contributed by atoms with E-state index in [1.54, 1.807) is 9.80 Å². The predicted octanol–water partition coefficient (Wildman–Crippen LogP) is 0.834. The fourth-order valence-corrected chi connectivity index (χ4v) is 1.94. The molecule has 0 spiro atoms. The van der Waals surface area contributed by atoms with Crippen LogP contribution in [0.4, 0.5) is 4.79 Å².